The normalized spacial score (nSPS) is 13.5. The lowest BCUT2D eigenvalue weighted by Gasteiger charge is -2.11. The summed E-state index contributed by atoms with van der Waals surface area (Å²) in [6.45, 7) is 3.75. The molecule has 0 radical (unpaired) electrons. The summed E-state index contributed by atoms with van der Waals surface area (Å²) in [4.78, 5) is 16.0. The second kappa shape index (κ2) is 8.19. The first kappa shape index (κ1) is 13.9. The molecule has 88 valence electrons. The van der Waals surface area contributed by atoms with Gasteiger partial charge in [-0.3, -0.25) is 4.79 Å². The number of carbonyl (C=O) groups excluding carboxylic acids is 1. The zero-order valence-corrected chi connectivity index (χ0v) is 9.32. The first-order valence-corrected chi connectivity index (χ1v) is 4.69. The highest BCUT2D eigenvalue weighted by Crippen LogP contribution is 1.86. The predicted octanol–water partition coefficient (Wildman–Crippen LogP) is -0.478. The van der Waals surface area contributed by atoms with E-state index in [0.717, 1.165) is 0 Å². The molecule has 1 atom stereocenters. The second-order valence-corrected chi connectivity index (χ2v) is 3.06. The van der Waals surface area contributed by atoms with Gasteiger partial charge in [0.1, 0.15) is 12.3 Å². The highest BCUT2D eigenvalue weighted by Gasteiger charge is 2.10. The summed E-state index contributed by atoms with van der Waals surface area (Å²) >= 11 is 0. The van der Waals surface area contributed by atoms with Gasteiger partial charge in [-0.25, -0.2) is 0 Å². The SMILES string of the molecule is COC[C@@H](C)NC(=O)/C(C)=N/OCCO. The molecule has 0 bridgehead atoms. The summed E-state index contributed by atoms with van der Waals surface area (Å²) in [5.74, 6) is -0.308. The fourth-order valence-corrected chi connectivity index (χ4v) is 0.845. The van der Waals surface area contributed by atoms with Crippen LogP contribution < -0.4 is 5.32 Å². The zero-order chi connectivity index (χ0) is 11.7. The van der Waals surface area contributed by atoms with E-state index in [9.17, 15) is 4.79 Å². The summed E-state index contributed by atoms with van der Waals surface area (Å²) in [5, 5.41) is 14.6. The number of hydrogen-bond acceptors (Lipinski definition) is 5. The molecule has 0 aromatic rings. The Labute approximate surface area is 89.2 Å². The molecule has 0 spiro atoms. The van der Waals surface area contributed by atoms with E-state index < -0.39 is 0 Å². The summed E-state index contributed by atoms with van der Waals surface area (Å²) < 4.78 is 4.86. The molecule has 15 heavy (non-hydrogen) atoms. The third-order valence-electron chi connectivity index (χ3n) is 1.51. The van der Waals surface area contributed by atoms with Gasteiger partial charge < -0.3 is 20.0 Å². The number of amides is 1. The average Bonchev–Trinajstić information content (AvgIpc) is 2.18. The van der Waals surface area contributed by atoms with Crippen molar-refractivity contribution in [3.63, 3.8) is 0 Å². The van der Waals surface area contributed by atoms with Crippen molar-refractivity contribution in [2.75, 3.05) is 26.9 Å². The summed E-state index contributed by atoms with van der Waals surface area (Å²) in [6.07, 6.45) is 0. The Hall–Kier alpha value is -1.14. The number of hydrogen-bond donors (Lipinski definition) is 2. The Balaban J connectivity index is 3.92. The summed E-state index contributed by atoms with van der Waals surface area (Å²) in [6, 6.07) is -0.0782. The molecule has 0 saturated carbocycles. The lowest BCUT2D eigenvalue weighted by Crippen LogP contribution is -2.39. The number of nitrogens with zero attached hydrogens (tertiary/aromatic N) is 1. The number of methoxy groups -OCH3 is 1. The van der Waals surface area contributed by atoms with Gasteiger partial charge in [-0.15, -0.1) is 0 Å². The maximum atomic E-state index is 11.4. The quantitative estimate of drug-likeness (QED) is 0.344. The molecule has 0 aromatic heterocycles. The van der Waals surface area contributed by atoms with E-state index in [0.29, 0.717) is 6.61 Å². The molecule has 0 aromatic carbocycles. The summed E-state index contributed by atoms with van der Waals surface area (Å²) in [5.41, 5.74) is 0.214. The maximum Gasteiger partial charge on any atom is 0.269 e. The monoisotopic (exact) mass is 218 g/mol. The van der Waals surface area contributed by atoms with Crippen molar-refractivity contribution in [2.45, 2.75) is 19.9 Å². The zero-order valence-electron chi connectivity index (χ0n) is 9.32. The van der Waals surface area contributed by atoms with Gasteiger partial charge in [0.2, 0.25) is 0 Å². The van der Waals surface area contributed by atoms with Crippen LogP contribution in [0.2, 0.25) is 0 Å². The Kier molecular flexibility index (Phi) is 7.57. The molecular formula is C9H18N2O4. The Bertz CT molecular complexity index is 218. The molecule has 6 nitrogen and oxygen atoms in total. The molecule has 0 saturated heterocycles. The number of aliphatic hydroxyl groups is 1. The van der Waals surface area contributed by atoms with E-state index >= 15 is 0 Å². The van der Waals surface area contributed by atoms with Crippen molar-refractivity contribution in [2.24, 2.45) is 5.16 Å². The molecule has 0 aliphatic carbocycles. The maximum absolute atomic E-state index is 11.4. The molecule has 2 N–H and O–H groups in total. The van der Waals surface area contributed by atoms with Gasteiger partial charge in [0.05, 0.1) is 13.2 Å². The van der Waals surface area contributed by atoms with Crippen LogP contribution in [0.4, 0.5) is 0 Å². The van der Waals surface area contributed by atoms with Gasteiger partial charge in [0, 0.05) is 13.2 Å². The highest BCUT2D eigenvalue weighted by atomic mass is 16.6. The minimum absolute atomic E-state index is 0.0782. The average molecular weight is 218 g/mol. The molecule has 0 aliphatic heterocycles. The molecule has 0 heterocycles. The molecule has 0 aliphatic rings. The van der Waals surface area contributed by atoms with Gasteiger partial charge in [-0.2, -0.15) is 0 Å². The minimum atomic E-state index is -0.308. The second-order valence-electron chi connectivity index (χ2n) is 3.06. The van der Waals surface area contributed by atoms with Gasteiger partial charge in [-0.05, 0) is 13.8 Å². The molecule has 0 fully saturated rings. The fraction of sp³-hybridized carbons (Fsp3) is 0.778. The highest BCUT2D eigenvalue weighted by molar-refractivity contribution is 6.37. The third kappa shape index (κ3) is 6.87. The van der Waals surface area contributed by atoms with Crippen LogP contribution in [0.15, 0.2) is 5.16 Å². The lowest BCUT2D eigenvalue weighted by molar-refractivity contribution is -0.115. The molecule has 1 amide bonds. The van der Waals surface area contributed by atoms with Crippen LogP contribution >= 0.6 is 0 Å². The number of carbonyl (C=O) groups is 1. The standard InChI is InChI=1S/C9H18N2O4/c1-7(6-14-3)10-9(13)8(2)11-15-5-4-12/h7,12H,4-6H2,1-3H3,(H,10,13)/b11-8+/t7-/m1/s1. The van der Waals surface area contributed by atoms with Crippen molar-refractivity contribution >= 4 is 11.6 Å². The van der Waals surface area contributed by atoms with E-state index in [2.05, 4.69) is 15.3 Å². The van der Waals surface area contributed by atoms with Crippen LogP contribution in [0.1, 0.15) is 13.8 Å². The predicted molar refractivity (Wildman–Crippen MR) is 55.6 cm³/mol. The van der Waals surface area contributed by atoms with Crippen LogP contribution in [-0.4, -0.2) is 49.7 Å². The van der Waals surface area contributed by atoms with Gasteiger partial charge >= 0.3 is 0 Å². The van der Waals surface area contributed by atoms with Crippen molar-refractivity contribution in [3.8, 4) is 0 Å². The topological polar surface area (TPSA) is 80.2 Å². The van der Waals surface area contributed by atoms with Crippen LogP contribution in [0.25, 0.3) is 0 Å². The van der Waals surface area contributed by atoms with Crippen LogP contribution in [0, 0.1) is 0 Å². The summed E-state index contributed by atoms with van der Waals surface area (Å²) in [7, 11) is 1.56. The number of aliphatic hydroxyl groups excluding tert-OH is 1. The van der Waals surface area contributed by atoms with E-state index in [1.807, 2.05) is 6.92 Å². The van der Waals surface area contributed by atoms with Gasteiger partial charge in [0.25, 0.3) is 5.91 Å². The number of nitrogens with one attached hydrogen (secondary N) is 1. The molecule has 6 heteroatoms. The molecule has 0 unspecified atom stereocenters. The first-order chi connectivity index (χ1) is 7.11. The van der Waals surface area contributed by atoms with E-state index in [1.165, 1.54) is 6.92 Å². The van der Waals surface area contributed by atoms with E-state index in [-0.39, 0.29) is 30.9 Å². The molecule has 0 rings (SSSR count). The van der Waals surface area contributed by atoms with E-state index in [1.54, 1.807) is 7.11 Å². The van der Waals surface area contributed by atoms with Crippen molar-refractivity contribution in [1.82, 2.24) is 5.32 Å². The first-order valence-electron chi connectivity index (χ1n) is 4.69. The Morgan fingerprint density at radius 1 is 1.60 bits per heavy atom. The number of rotatable bonds is 7. The molecular weight excluding hydrogens is 200 g/mol. The number of ether oxygens (including phenoxy) is 1. The Morgan fingerprint density at radius 2 is 2.27 bits per heavy atom. The lowest BCUT2D eigenvalue weighted by atomic mass is 10.3. The van der Waals surface area contributed by atoms with Gasteiger partial charge in [0.15, 0.2) is 0 Å². The largest absolute Gasteiger partial charge is 0.393 e. The fourth-order valence-electron chi connectivity index (χ4n) is 0.845. The van der Waals surface area contributed by atoms with Crippen LogP contribution in [-0.2, 0) is 14.4 Å². The van der Waals surface area contributed by atoms with Crippen molar-refractivity contribution in [3.05, 3.63) is 0 Å². The van der Waals surface area contributed by atoms with Crippen molar-refractivity contribution in [1.29, 1.82) is 0 Å². The van der Waals surface area contributed by atoms with E-state index in [4.69, 9.17) is 9.84 Å². The number of oxime groups is 1. The van der Waals surface area contributed by atoms with Crippen LogP contribution in [0.3, 0.4) is 0 Å². The van der Waals surface area contributed by atoms with Crippen LogP contribution in [0.5, 0.6) is 0 Å². The van der Waals surface area contributed by atoms with Crippen molar-refractivity contribution < 1.29 is 19.5 Å². The van der Waals surface area contributed by atoms with Gasteiger partial charge in [-0.1, -0.05) is 5.16 Å². The third-order valence-corrected chi connectivity index (χ3v) is 1.51. The minimum Gasteiger partial charge on any atom is -0.393 e. The Morgan fingerprint density at radius 3 is 2.80 bits per heavy atom. The smallest absolute Gasteiger partial charge is 0.269 e.